The van der Waals surface area contributed by atoms with Gasteiger partial charge in [0, 0.05) is 41.8 Å². The first-order valence-corrected chi connectivity index (χ1v) is 8.99. The van der Waals surface area contributed by atoms with Crippen LogP contribution >= 0.6 is 0 Å². The molecule has 0 bridgehead atoms. The summed E-state index contributed by atoms with van der Waals surface area (Å²) in [6.07, 6.45) is 0.565. The van der Waals surface area contributed by atoms with Crippen molar-refractivity contribution in [3.05, 3.63) is 40.0 Å². The van der Waals surface area contributed by atoms with Gasteiger partial charge in [0.2, 0.25) is 11.7 Å². The molecule has 0 atom stereocenters. The van der Waals surface area contributed by atoms with Crippen LogP contribution in [0, 0.1) is 27.7 Å². The van der Waals surface area contributed by atoms with Crippen LogP contribution in [0.2, 0.25) is 0 Å². The number of nitrogen functional groups attached to an aromatic ring is 1. The van der Waals surface area contributed by atoms with Gasteiger partial charge in [-0.1, -0.05) is 0 Å². The number of ketones is 1. The molecule has 28 heavy (non-hydrogen) atoms. The van der Waals surface area contributed by atoms with E-state index in [2.05, 4.69) is 15.1 Å². The minimum Gasteiger partial charge on any atom is -0.457 e. The maximum Gasteiger partial charge on any atom is 0.306 e. The molecule has 3 heterocycles. The second-order valence-electron chi connectivity index (χ2n) is 6.87. The van der Waals surface area contributed by atoms with Crippen molar-refractivity contribution in [1.29, 1.82) is 0 Å². The molecule has 0 aliphatic rings. The molecular formula is C19H24N6O3. The average Bonchev–Trinajstić information content (AvgIpc) is 3.13. The van der Waals surface area contributed by atoms with Gasteiger partial charge in [0.05, 0.1) is 0 Å². The highest BCUT2D eigenvalue weighted by molar-refractivity contribution is 5.99. The first kappa shape index (κ1) is 19.5. The normalized spacial score (nSPS) is 11.2. The zero-order valence-electron chi connectivity index (χ0n) is 16.7. The van der Waals surface area contributed by atoms with Gasteiger partial charge in [-0.2, -0.15) is 9.50 Å². The number of esters is 1. The Balaban J connectivity index is 1.62. The number of fused-ring (bicyclic) bond motifs is 1. The van der Waals surface area contributed by atoms with Crippen LogP contribution in [0.1, 0.15) is 45.1 Å². The molecule has 0 saturated carbocycles. The predicted molar refractivity (Wildman–Crippen MR) is 103 cm³/mol. The fourth-order valence-electron chi connectivity index (χ4n) is 3.25. The van der Waals surface area contributed by atoms with E-state index >= 15 is 0 Å². The fourth-order valence-corrected chi connectivity index (χ4v) is 3.25. The van der Waals surface area contributed by atoms with Crippen LogP contribution in [0.3, 0.4) is 0 Å². The number of aromatic nitrogens is 5. The van der Waals surface area contributed by atoms with Crippen molar-refractivity contribution in [2.45, 2.75) is 40.5 Å². The van der Waals surface area contributed by atoms with Crippen molar-refractivity contribution in [2.75, 3.05) is 12.3 Å². The van der Waals surface area contributed by atoms with Crippen LogP contribution in [-0.4, -0.2) is 42.5 Å². The zero-order chi connectivity index (χ0) is 20.6. The topological polar surface area (TPSA) is 117 Å². The van der Waals surface area contributed by atoms with E-state index in [1.165, 1.54) is 0 Å². The molecule has 0 spiro atoms. The lowest BCUT2D eigenvalue weighted by Gasteiger charge is -2.10. The zero-order valence-corrected chi connectivity index (χ0v) is 16.7. The van der Waals surface area contributed by atoms with Gasteiger partial charge < -0.3 is 15.0 Å². The van der Waals surface area contributed by atoms with Crippen LogP contribution in [0.15, 0.2) is 6.07 Å². The molecule has 9 heteroatoms. The van der Waals surface area contributed by atoms with Crippen molar-refractivity contribution in [1.82, 2.24) is 24.1 Å². The van der Waals surface area contributed by atoms with Crippen molar-refractivity contribution in [3.8, 4) is 0 Å². The van der Waals surface area contributed by atoms with Gasteiger partial charge in [-0.3, -0.25) is 9.59 Å². The number of anilines is 1. The number of ether oxygens (including phenoxy) is 1. The Bertz CT molecular complexity index is 1080. The van der Waals surface area contributed by atoms with E-state index in [9.17, 15) is 9.59 Å². The van der Waals surface area contributed by atoms with Crippen molar-refractivity contribution in [2.24, 2.45) is 7.05 Å². The number of nitrogens with zero attached hydrogens (tertiary/aromatic N) is 5. The molecule has 0 aromatic carbocycles. The highest BCUT2D eigenvalue weighted by Crippen LogP contribution is 2.17. The summed E-state index contributed by atoms with van der Waals surface area (Å²) < 4.78 is 8.68. The molecule has 0 amide bonds. The quantitative estimate of drug-likeness (QED) is 0.507. The summed E-state index contributed by atoms with van der Waals surface area (Å²) in [5.74, 6) is -0.0618. The van der Waals surface area contributed by atoms with Crippen molar-refractivity contribution in [3.63, 3.8) is 0 Å². The fraction of sp³-hybridized carbons (Fsp3) is 0.421. The molecule has 0 radical (unpaired) electrons. The molecule has 3 aromatic heterocycles. The maximum atomic E-state index is 12.3. The van der Waals surface area contributed by atoms with E-state index in [1.807, 2.05) is 45.4 Å². The summed E-state index contributed by atoms with van der Waals surface area (Å²) in [6, 6.07) is 1.81. The Kier molecular flexibility index (Phi) is 5.17. The van der Waals surface area contributed by atoms with Gasteiger partial charge in [-0.05, 0) is 45.7 Å². The first-order chi connectivity index (χ1) is 13.2. The number of rotatable bonds is 6. The highest BCUT2D eigenvalue weighted by Gasteiger charge is 2.17. The molecule has 9 nitrogen and oxygen atoms in total. The van der Waals surface area contributed by atoms with Crippen LogP contribution in [0.5, 0.6) is 0 Å². The minimum atomic E-state index is -0.435. The number of aryl methyl sites for hydroxylation is 3. The molecule has 2 N–H and O–H groups in total. The summed E-state index contributed by atoms with van der Waals surface area (Å²) in [5, 5.41) is 4.11. The Morgan fingerprint density at radius 2 is 1.86 bits per heavy atom. The number of carbonyl (C=O) groups is 2. The van der Waals surface area contributed by atoms with Crippen LogP contribution < -0.4 is 5.73 Å². The van der Waals surface area contributed by atoms with E-state index in [-0.39, 0.29) is 24.8 Å². The Morgan fingerprint density at radius 3 is 2.50 bits per heavy atom. The second-order valence-corrected chi connectivity index (χ2v) is 6.87. The van der Waals surface area contributed by atoms with Gasteiger partial charge in [-0.25, -0.2) is 4.98 Å². The van der Waals surface area contributed by atoms with E-state index < -0.39 is 5.97 Å². The first-order valence-electron chi connectivity index (χ1n) is 8.99. The van der Waals surface area contributed by atoms with E-state index in [4.69, 9.17) is 10.5 Å². The van der Waals surface area contributed by atoms with Crippen LogP contribution in [0.4, 0.5) is 5.95 Å². The Hall–Kier alpha value is -3.23. The third-order valence-corrected chi connectivity index (χ3v) is 5.08. The molecule has 0 saturated heterocycles. The van der Waals surface area contributed by atoms with Gasteiger partial charge in [0.15, 0.2) is 6.61 Å². The molecule has 0 unspecified atom stereocenters. The van der Waals surface area contributed by atoms with Gasteiger partial charge >= 0.3 is 5.97 Å². The lowest BCUT2D eigenvalue weighted by Crippen LogP contribution is -2.16. The molecular weight excluding hydrogens is 360 g/mol. The largest absolute Gasteiger partial charge is 0.457 e. The summed E-state index contributed by atoms with van der Waals surface area (Å²) in [4.78, 5) is 32.9. The predicted octanol–water partition coefficient (Wildman–Crippen LogP) is 1.64. The SMILES string of the molecule is Cc1nc2nc(N)nn2c(C)c1CCC(=O)OCC(=O)c1cc(C)n(C)c1C. The van der Waals surface area contributed by atoms with E-state index in [0.29, 0.717) is 17.8 Å². The smallest absolute Gasteiger partial charge is 0.306 e. The molecule has 0 aliphatic heterocycles. The van der Waals surface area contributed by atoms with Gasteiger partial charge in [0.1, 0.15) is 0 Å². The molecule has 3 aromatic rings. The molecule has 3 rings (SSSR count). The van der Waals surface area contributed by atoms with Crippen molar-refractivity contribution < 1.29 is 14.3 Å². The van der Waals surface area contributed by atoms with Crippen LogP contribution in [-0.2, 0) is 23.0 Å². The summed E-state index contributed by atoms with van der Waals surface area (Å²) in [5.41, 5.74) is 10.5. The number of hydrogen-bond acceptors (Lipinski definition) is 7. The monoisotopic (exact) mass is 384 g/mol. The van der Waals surface area contributed by atoms with Gasteiger partial charge in [0.25, 0.3) is 5.78 Å². The van der Waals surface area contributed by atoms with E-state index in [1.54, 1.807) is 4.52 Å². The maximum absolute atomic E-state index is 12.3. The third-order valence-electron chi connectivity index (χ3n) is 5.08. The number of Topliss-reactive ketones (excluding diaryl/α,β-unsaturated/α-hetero) is 1. The third kappa shape index (κ3) is 3.60. The molecule has 0 aliphatic carbocycles. The minimum absolute atomic E-state index is 0.138. The van der Waals surface area contributed by atoms with Gasteiger partial charge in [-0.15, -0.1) is 5.10 Å². The summed E-state index contributed by atoms with van der Waals surface area (Å²) in [7, 11) is 1.89. The van der Waals surface area contributed by atoms with Crippen molar-refractivity contribution >= 4 is 23.5 Å². The summed E-state index contributed by atoms with van der Waals surface area (Å²) in [6.45, 7) is 7.25. The molecule has 148 valence electrons. The average molecular weight is 384 g/mol. The van der Waals surface area contributed by atoms with E-state index in [0.717, 1.165) is 28.3 Å². The number of hydrogen-bond donors (Lipinski definition) is 1. The molecule has 0 fully saturated rings. The summed E-state index contributed by atoms with van der Waals surface area (Å²) >= 11 is 0. The lowest BCUT2D eigenvalue weighted by atomic mass is 10.1. The Labute approximate surface area is 162 Å². The number of carbonyl (C=O) groups excluding carboxylic acids is 2. The second kappa shape index (κ2) is 7.41. The van der Waals surface area contributed by atoms with Crippen LogP contribution in [0.25, 0.3) is 5.78 Å². The standard InChI is InChI=1S/C19H24N6O3/c1-10-8-15(12(3)24(10)5)16(26)9-28-17(27)7-6-14-11(2)21-19-22-18(20)23-25(19)13(14)4/h8H,6-7,9H2,1-5H3,(H2,20,23). The highest BCUT2D eigenvalue weighted by atomic mass is 16.5. The number of nitrogens with two attached hydrogens (primary N) is 1. The lowest BCUT2D eigenvalue weighted by molar-refractivity contribution is -0.142. The Morgan fingerprint density at radius 1 is 1.14 bits per heavy atom.